The molecule has 0 aliphatic carbocycles. The van der Waals surface area contributed by atoms with Gasteiger partial charge in [0.1, 0.15) is 0 Å². The van der Waals surface area contributed by atoms with Crippen molar-refractivity contribution in [3.63, 3.8) is 0 Å². The Balaban J connectivity index is 0. The first-order chi connectivity index (χ1) is 7.12. The second kappa shape index (κ2) is 14.0. The van der Waals surface area contributed by atoms with Crippen LogP contribution in [0.1, 0.15) is 73.1 Å². The Hall–Kier alpha value is -0.0400. The molecule has 0 aromatic carbocycles. The maximum absolute atomic E-state index is 5.28. The summed E-state index contributed by atoms with van der Waals surface area (Å²) in [5, 5.41) is 0. The minimum atomic E-state index is 0.713. The van der Waals surface area contributed by atoms with E-state index in [4.69, 9.17) is 5.73 Å². The lowest BCUT2D eigenvalue weighted by molar-refractivity contribution is 0.482. The molecule has 0 fully saturated rings. The zero-order valence-corrected chi connectivity index (χ0v) is 11.7. The van der Waals surface area contributed by atoms with Crippen molar-refractivity contribution in [2.75, 3.05) is 6.54 Å². The van der Waals surface area contributed by atoms with Crippen molar-refractivity contribution >= 4 is 0 Å². The summed E-state index contributed by atoms with van der Waals surface area (Å²) in [5.41, 5.74) is 5.28. The molecule has 0 saturated carbocycles. The summed E-state index contributed by atoms with van der Waals surface area (Å²) >= 11 is 0. The van der Waals surface area contributed by atoms with Crippen molar-refractivity contribution in [2.24, 2.45) is 17.6 Å². The Morgan fingerprint density at radius 1 is 0.867 bits per heavy atom. The lowest BCUT2D eigenvalue weighted by Crippen LogP contribution is -2.08. The summed E-state index contributed by atoms with van der Waals surface area (Å²) in [6.45, 7) is 12.0. The Morgan fingerprint density at radius 3 is 1.67 bits per heavy atom. The van der Waals surface area contributed by atoms with Gasteiger partial charge >= 0.3 is 0 Å². The topological polar surface area (TPSA) is 26.0 Å². The van der Waals surface area contributed by atoms with Gasteiger partial charge in [-0.2, -0.15) is 0 Å². The molecule has 0 heterocycles. The van der Waals surface area contributed by atoms with Gasteiger partial charge in [-0.25, -0.2) is 0 Å². The molecule has 0 bridgehead atoms. The maximum atomic E-state index is 5.28. The van der Waals surface area contributed by atoms with Gasteiger partial charge in [0.25, 0.3) is 0 Å². The third kappa shape index (κ3) is 16.6. The van der Waals surface area contributed by atoms with E-state index in [1.54, 1.807) is 0 Å². The average Bonchev–Trinajstić information content (AvgIpc) is 2.28. The van der Waals surface area contributed by atoms with Gasteiger partial charge in [-0.05, 0) is 18.4 Å². The zero-order chi connectivity index (χ0) is 12.1. The molecule has 0 saturated heterocycles. The molecule has 94 valence electrons. The first-order valence-electron chi connectivity index (χ1n) is 6.82. The Labute approximate surface area is 97.8 Å². The Bertz CT molecular complexity index is 97.5. The summed E-state index contributed by atoms with van der Waals surface area (Å²) in [7, 11) is 0. The van der Waals surface area contributed by atoms with Crippen LogP contribution < -0.4 is 5.73 Å². The van der Waals surface area contributed by atoms with Crippen molar-refractivity contribution in [1.82, 2.24) is 0 Å². The van der Waals surface area contributed by atoms with E-state index in [0.29, 0.717) is 5.92 Å². The number of unbranched alkanes of at least 4 members (excludes halogenated alkanes) is 2. The molecule has 0 aromatic heterocycles. The van der Waals surface area contributed by atoms with E-state index in [-0.39, 0.29) is 0 Å². The average molecular weight is 215 g/mol. The highest BCUT2D eigenvalue weighted by atomic mass is 14.5. The van der Waals surface area contributed by atoms with Gasteiger partial charge in [0.15, 0.2) is 0 Å². The molecule has 0 aliphatic rings. The van der Waals surface area contributed by atoms with Gasteiger partial charge in [0, 0.05) is 0 Å². The van der Waals surface area contributed by atoms with Gasteiger partial charge < -0.3 is 5.73 Å². The third-order valence-corrected chi connectivity index (χ3v) is 3.10. The summed E-state index contributed by atoms with van der Waals surface area (Å²) < 4.78 is 0. The molecule has 1 heteroatoms. The molecule has 0 amide bonds. The van der Waals surface area contributed by atoms with Gasteiger partial charge in [-0.3, -0.25) is 0 Å². The SMILES string of the molecule is CCC(C)CN.CCCCC[C@@H](C)CC. The fourth-order valence-corrected chi connectivity index (χ4v) is 1.11. The smallest absolute Gasteiger partial charge is 0.00516 e. The fraction of sp³-hybridized carbons (Fsp3) is 1.00. The van der Waals surface area contributed by atoms with Crippen LogP contribution in [0.4, 0.5) is 0 Å². The second-order valence-electron chi connectivity index (χ2n) is 4.76. The van der Waals surface area contributed by atoms with E-state index in [0.717, 1.165) is 12.5 Å². The van der Waals surface area contributed by atoms with Crippen LogP contribution in [0.15, 0.2) is 0 Å². The maximum Gasteiger partial charge on any atom is -0.00516 e. The summed E-state index contributed by atoms with van der Waals surface area (Å²) in [4.78, 5) is 0. The van der Waals surface area contributed by atoms with E-state index < -0.39 is 0 Å². The van der Waals surface area contributed by atoms with Gasteiger partial charge in [-0.15, -0.1) is 0 Å². The molecule has 0 radical (unpaired) electrons. The number of hydrogen-bond donors (Lipinski definition) is 1. The van der Waals surface area contributed by atoms with Crippen molar-refractivity contribution < 1.29 is 0 Å². The summed E-state index contributed by atoms with van der Waals surface area (Å²) in [5.74, 6) is 1.67. The van der Waals surface area contributed by atoms with Crippen LogP contribution in [-0.2, 0) is 0 Å². The zero-order valence-electron chi connectivity index (χ0n) is 11.7. The first-order valence-corrected chi connectivity index (χ1v) is 6.82. The molecule has 0 rings (SSSR count). The molecule has 0 aromatic rings. The van der Waals surface area contributed by atoms with Crippen LogP contribution in [0.25, 0.3) is 0 Å². The lowest BCUT2D eigenvalue weighted by Gasteiger charge is -2.05. The third-order valence-electron chi connectivity index (χ3n) is 3.10. The largest absolute Gasteiger partial charge is 0.330 e. The first kappa shape index (κ1) is 17.4. The molecular formula is C14H33N. The second-order valence-corrected chi connectivity index (χ2v) is 4.76. The highest BCUT2D eigenvalue weighted by Gasteiger charge is 1.95. The molecule has 2 atom stereocenters. The van der Waals surface area contributed by atoms with Crippen molar-refractivity contribution in [1.29, 1.82) is 0 Å². The highest BCUT2D eigenvalue weighted by Crippen LogP contribution is 2.11. The van der Waals surface area contributed by atoms with E-state index in [1.165, 1.54) is 38.5 Å². The normalized spacial score (nSPS) is 14.0. The number of hydrogen-bond acceptors (Lipinski definition) is 1. The standard InChI is InChI=1S/C9H20.C5H13N/c1-4-6-7-8-9(3)5-2;1-3-5(2)4-6/h9H,4-8H2,1-3H3;5H,3-4,6H2,1-2H3/t9-;/m0./s1. The Morgan fingerprint density at radius 2 is 1.40 bits per heavy atom. The summed E-state index contributed by atoms with van der Waals surface area (Å²) in [6.07, 6.45) is 8.21. The van der Waals surface area contributed by atoms with Crippen LogP contribution in [0.5, 0.6) is 0 Å². The van der Waals surface area contributed by atoms with E-state index >= 15 is 0 Å². The molecule has 0 aliphatic heterocycles. The highest BCUT2D eigenvalue weighted by molar-refractivity contribution is 4.49. The van der Waals surface area contributed by atoms with Gasteiger partial charge in [0.2, 0.25) is 0 Å². The van der Waals surface area contributed by atoms with Crippen molar-refractivity contribution in [3.05, 3.63) is 0 Å². The van der Waals surface area contributed by atoms with Crippen LogP contribution in [-0.4, -0.2) is 6.54 Å². The minimum Gasteiger partial charge on any atom is -0.330 e. The van der Waals surface area contributed by atoms with Gasteiger partial charge in [-0.1, -0.05) is 73.1 Å². The number of rotatable bonds is 7. The van der Waals surface area contributed by atoms with Crippen molar-refractivity contribution in [2.45, 2.75) is 73.1 Å². The molecule has 1 nitrogen and oxygen atoms in total. The lowest BCUT2D eigenvalue weighted by atomic mass is 10.0. The van der Waals surface area contributed by atoms with Crippen LogP contribution in [0, 0.1) is 11.8 Å². The van der Waals surface area contributed by atoms with E-state index in [1.807, 2.05) is 0 Å². The van der Waals surface area contributed by atoms with Crippen molar-refractivity contribution in [3.8, 4) is 0 Å². The van der Waals surface area contributed by atoms with E-state index in [2.05, 4.69) is 34.6 Å². The van der Waals surface area contributed by atoms with Crippen LogP contribution in [0.3, 0.4) is 0 Å². The van der Waals surface area contributed by atoms with Crippen LogP contribution in [0.2, 0.25) is 0 Å². The molecule has 0 spiro atoms. The quantitative estimate of drug-likeness (QED) is 0.617. The van der Waals surface area contributed by atoms with Gasteiger partial charge in [0.05, 0.1) is 0 Å². The predicted molar refractivity (Wildman–Crippen MR) is 72.1 cm³/mol. The minimum absolute atomic E-state index is 0.713. The number of nitrogens with two attached hydrogens (primary N) is 1. The molecular weight excluding hydrogens is 182 g/mol. The molecule has 2 N–H and O–H groups in total. The fourth-order valence-electron chi connectivity index (χ4n) is 1.11. The Kier molecular flexibility index (Phi) is 16.2. The molecule has 15 heavy (non-hydrogen) atoms. The molecule has 1 unspecified atom stereocenters. The van der Waals surface area contributed by atoms with E-state index in [9.17, 15) is 0 Å². The summed E-state index contributed by atoms with van der Waals surface area (Å²) in [6, 6.07) is 0. The monoisotopic (exact) mass is 215 g/mol. The predicted octanol–water partition coefficient (Wildman–Crippen LogP) is 4.60. The van der Waals surface area contributed by atoms with Crippen LogP contribution >= 0.6 is 0 Å².